The van der Waals surface area contributed by atoms with E-state index >= 15 is 0 Å². The van der Waals surface area contributed by atoms with Crippen LogP contribution in [0, 0.1) is 6.92 Å². The summed E-state index contributed by atoms with van der Waals surface area (Å²) in [6.07, 6.45) is 0.947. The van der Waals surface area contributed by atoms with Crippen molar-refractivity contribution < 1.29 is 9.47 Å². The minimum atomic E-state index is 0.824. The van der Waals surface area contributed by atoms with E-state index in [1.54, 1.807) is 14.2 Å². The Hall–Kier alpha value is -2.75. The number of nitrogens with zero attached hydrogens (tertiary/aromatic N) is 1. The standard InChI is InChI=1S/C20H22N2O2/c1-14-12-19(18-9-8-17(24-3)13-20(18)22-14)21-11-10-15-4-6-16(23-2)7-5-15/h4-9,12-13H,10-11H2,1-3H3,(H,21,22). The Morgan fingerprint density at radius 3 is 2.33 bits per heavy atom. The molecule has 0 amide bonds. The molecule has 0 spiro atoms. The lowest BCUT2D eigenvalue weighted by Crippen LogP contribution is -2.06. The molecule has 0 aliphatic carbocycles. The lowest BCUT2D eigenvalue weighted by atomic mass is 10.1. The third-order valence-electron chi connectivity index (χ3n) is 4.03. The molecule has 4 heteroatoms. The molecule has 0 saturated carbocycles. The molecule has 0 atom stereocenters. The number of aryl methyl sites for hydroxylation is 1. The molecule has 0 aliphatic rings. The van der Waals surface area contributed by atoms with Gasteiger partial charge in [-0.15, -0.1) is 0 Å². The van der Waals surface area contributed by atoms with E-state index in [1.807, 2.05) is 31.2 Å². The predicted octanol–water partition coefficient (Wildman–Crippen LogP) is 4.22. The second-order valence-corrected chi connectivity index (χ2v) is 5.72. The maximum atomic E-state index is 5.29. The van der Waals surface area contributed by atoms with Gasteiger partial charge in [-0.3, -0.25) is 4.98 Å². The molecule has 1 aromatic heterocycles. The number of fused-ring (bicyclic) bond motifs is 1. The van der Waals surface area contributed by atoms with Crippen LogP contribution in [-0.2, 0) is 6.42 Å². The van der Waals surface area contributed by atoms with Crippen LogP contribution in [0.5, 0.6) is 11.5 Å². The normalized spacial score (nSPS) is 10.6. The van der Waals surface area contributed by atoms with Gasteiger partial charge < -0.3 is 14.8 Å². The largest absolute Gasteiger partial charge is 0.497 e. The highest BCUT2D eigenvalue weighted by atomic mass is 16.5. The van der Waals surface area contributed by atoms with Gasteiger partial charge in [0.1, 0.15) is 11.5 Å². The molecular formula is C20H22N2O2. The molecule has 4 nitrogen and oxygen atoms in total. The molecule has 1 heterocycles. The summed E-state index contributed by atoms with van der Waals surface area (Å²) in [5.74, 6) is 1.71. The highest BCUT2D eigenvalue weighted by Gasteiger charge is 2.05. The minimum Gasteiger partial charge on any atom is -0.497 e. The van der Waals surface area contributed by atoms with Crippen molar-refractivity contribution >= 4 is 16.6 Å². The molecule has 0 aliphatic heterocycles. The van der Waals surface area contributed by atoms with E-state index in [0.717, 1.165) is 46.7 Å². The van der Waals surface area contributed by atoms with Crippen LogP contribution in [0.3, 0.4) is 0 Å². The fraction of sp³-hybridized carbons (Fsp3) is 0.250. The average Bonchev–Trinajstić information content (AvgIpc) is 2.61. The first-order chi connectivity index (χ1) is 11.7. The van der Waals surface area contributed by atoms with Gasteiger partial charge in [-0.05, 0) is 49.2 Å². The van der Waals surface area contributed by atoms with Gasteiger partial charge in [-0.25, -0.2) is 0 Å². The Morgan fingerprint density at radius 2 is 1.62 bits per heavy atom. The van der Waals surface area contributed by atoms with E-state index in [1.165, 1.54) is 5.56 Å². The molecule has 1 N–H and O–H groups in total. The SMILES string of the molecule is COc1ccc(CCNc2cc(C)nc3cc(OC)ccc23)cc1. The summed E-state index contributed by atoms with van der Waals surface area (Å²) < 4.78 is 10.5. The average molecular weight is 322 g/mol. The van der Waals surface area contributed by atoms with Crippen molar-refractivity contribution in [3.8, 4) is 11.5 Å². The number of pyridine rings is 1. The number of methoxy groups -OCH3 is 2. The fourth-order valence-electron chi connectivity index (χ4n) is 2.75. The van der Waals surface area contributed by atoms with Crippen LogP contribution in [-0.4, -0.2) is 25.7 Å². The molecule has 3 aromatic rings. The van der Waals surface area contributed by atoms with Crippen LogP contribution in [0.4, 0.5) is 5.69 Å². The number of nitrogens with one attached hydrogen (secondary N) is 1. The monoisotopic (exact) mass is 322 g/mol. The smallest absolute Gasteiger partial charge is 0.121 e. The first-order valence-electron chi connectivity index (χ1n) is 8.02. The van der Waals surface area contributed by atoms with Crippen LogP contribution in [0.1, 0.15) is 11.3 Å². The summed E-state index contributed by atoms with van der Waals surface area (Å²) >= 11 is 0. The van der Waals surface area contributed by atoms with Crippen molar-refractivity contribution in [1.29, 1.82) is 0 Å². The lowest BCUT2D eigenvalue weighted by molar-refractivity contribution is 0.414. The second kappa shape index (κ2) is 7.21. The Labute approximate surface area is 142 Å². The van der Waals surface area contributed by atoms with Gasteiger partial charge in [0.15, 0.2) is 0 Å². The van der Waals surface area contributed by atoms with Gasteiger partial charge in [0.25, 0.3) is 0 Å². The van der Waals surface area contributed by atoms with Gasteiger partial charge in [0.2, 0.25) is 0 Å². The Morgan fingerprint density at radius 1 is 0.917 bits per heavy atom. The highest BCUT2D eigenvalue weighted by Crippen LogP contribution is 2.26. The second-order valence-electron chi connectivity index (χ2n) is 5.72. The molecule has 0 bridgehead atoms. The van der Waals surface area contributed by atoms with E-state index in [2.05, 4.69) is 34.6 Å². The topological polar surface area (TPSA) is 43.4 Å². The van der Waals surface area contributed by atoms with Gasteiger partial charge in [0.05, 0.1) is 19.7 Å². The van der Waals surface area contributed by atoms with Crippen molar-refractivity contribution in [2.45, 2.75) is 13.3 Å². The number of anilines is 1. The van der Waals surface area contributed by atoms with Crippen LogP contribution >= 0.6 is 0 Å². The number of hydrogen-bond donors (Lipinski definition) is 1. The van der Waals surface area contributed by atoms with E-state index in [0.29, 0.717) is 0 Å². The maximum absolute atomic E-state index is 5.29. The maximum Gasteiger partial charge on any atom is 0.121 e. The summed E-state index contributed by atoms with van der Waals surface area (Å²) in [4.78, 5) is 4.60. The molecule has 0 saturated heterocycles. The van der Waals surface area contributed by atoms with Gasteiger partial charge in [0, 0.05) is 29.4 Å². The zero-order valence-electron chi connectivity index (χ0n) is 14.3. The number of ether oxygens (including phenoxy) is 2. The molecule has 0 unspecified atom stereocenters. The number of aromatic nitrogens is 1. The van der Waals surface area contributed by atoms with Crippen LogP contribution < -0.4 is 14.8 Å². The van der Waals surface area contributed by atoms with Gasteiger partial charge in [-0.1, -0.05) is 12.1 Å². The van der Waals surface area contributed by atoms with Crippen molar-refractivity contribution in [3.63, 3.8) is 0 Å². The lowest BCUT2D eigenvalue weighted by Gasteiger charge is -2.12. The van der Waals surface area contributed by atoms with Crippen molar-refractivity contribution in [3.05, 3.63) is 59.8 Å². The molecule has 2 aromatic carbocycles. The van der Waals surface area contributed by atoms with Gasteiger partial charge >= 0.3 is 0 Å². The number of benzene rings is 2. The zero-order valence-corrected chi connectivity index (χ0v) is 14.3. The first-order valence-corrected chi connectivity index (χ1v) is 8.02. The highest BCUT2D eigenvalue weighted by molar-refractivity contribution is 5.92. The van der Waals surface area contributed by atoms with Crippen molar-refractivity contribution in [1.82, 2.24) is 4.98 Å². The van der Waals surface area contributed by atoms with E-state index in [4.69, 9.17) is 9.47 Å². The molecule has 0 fully saturated rings. The number of rotatable bonds is 6. The summed E-state index contributed by atoms with van der Waals surface area (Å²) in [5.41, 5.74) is 4.32. The first kappa shape index (κ1) is 16.1. The minimum absolute atomic E-state index is 0.824. The Kier molecular flexibility index (Phi) is 4.85. The Bertz CT molecular complexity index is 829. The quantitative estimate of drug-likeness (QED) is 0.738. The van der Waals surface area contributed by atoms with E-state index in [-0.39, 0.29) is 0 Å². The summed E-state index contributed by atoms with van der Waals surface area (Å²) in [6.45, 7) is 2.87. The van der Waals surface area contributed by atoms with E-state index < -0.39 is 0 Å². The van der Waals surface area contributed by atoms with Crippen molar-refractivity contribution in [2.24, 2.45) is 0 Å². The number of hydrogen-bond acceptors (Lipinski definition) is 4. The Balaban J connectivity index is 1.74. The summed E-state index contributed by atoms with van der Waals surface area (Å²) in [6, 6.07) is 16.3. The van der Waals surface area contributed by atoms with Crippen molar-refractivity contribution in [2.75, 3.05) is 26.1 Å². The molecule has 24 heavy (non-hydrogen) atoms. The summed E-state index contributed by atoms with van der Waals surface area (Å²) in [7, 11) is 3.35. The van der Waals surface area contributed by atoms with Crippen LogP contribution in [0.2, 0.25) is 0 Å². The third kappa shape index (κ3) is 3.59. The molecule has 124 valence electrons. The third-order valence-corrected chi connectivity index (χ3v) is 4.03. The predicted molar refractivity (Wildman–Crippen MR) is 98.2 cm³/mol. The van der Waals surface area contributed by atoms with Crippen LogP contribution in [0.15, 0.2) is 48.5 Å². The molecule has 0 radical (unpaired) electrons. The van der Waals surface area contributed by atoms with Crippen LogP contribution in [0.25, 0.3) is 10.9 Å². The molecule has 3 rings (SSSR count). The van der Waals surface area contributed by atoms with Gasteiger partial charge in [-0.2, -0.15) is 0 Å². The molecular weight excluding hydrogens is 300 g/mol. The fourth-order valence-corrected chi connectivity index (χ4v) is 2.75. The zero-order chi connectivity index (χ0) is 16.9. The summed E-state index contributed by atoms with van der Waals surface area (Å²) in [5, 5.41) is 4.64. The van der Waals surface area contributed by atoms with E-state index in [9.17, 15) is 0 Å².